The number of aromatic amines is 1. The third-order valence-corrected chi connectivity index (χ3v) is 3.01. The fraction of sp³-hybridized carbons (Fsp3) is 0.250. The molecule has 0 saturated carbocycles. The molecule has 1 nitrogen and oxygen atoms in total. The fourth-order valence-electron chi connectivity index (χ4n) is 1.69. The average molecular weight is 203 g/mol. The first-order chi connectivity index (χ1) is 6.59. The van der Waals surface area contributed by atoms with Crippen LogP contribution >= 0.6 is 12.2 Å². The summed E-state index contributed by atoms with van der Waals surface area (Å²) in [7, 11) is 0. The summed E-state index contributed by atoms with van der Waals surface area (Å²) < 4.78 is 0.930. The van der Waals surface area contributed by atoms with Crippen molar-refractivity contribution in [3.8, 4) is 0 Å². The number of H-pyrrole nitrogens is 1. The van der Waals surface area contributed by atoms with E-state index in [0.717, 1.165) is 15.6 Å². The lowest BCUT2D eigenvalue weighted by Gasteiger charge is -2.07. The van der Waals surface area contributed by atoms with Gasteiger partial charge in [-0.15, -0.1) is 0 Å². The van der Waals surface area contributed by atoms with Gasteiger partial charge in [0.05, 0.1) is 5.52 Å². The summed E-state index contributed by atoms with van der Waals surface area (Å²) in [6.07, 6.45) is 0. The molecule has 0 spiro atoms. The van der Waals surface area contributed by atoms with Crippen molar-refractivity contribution in [2.75, 3.05) is 0 Å². The molecule has 0 aliphatic carbocycles. The highest BCUT2D eigenvalue weighted by Crippen LogP contribution is 2.21. The maximum Gasteiger partial charge on any atom is 0.0502 e. The minimum absolute atomic E-state index is 0.930. The summed E-state index contributed by atoms with van der Waals surface area (Å²) in [5, 5.41) is 1.15. The highest BCUT2D eigenvalue weighted by atomic mass is 32.1. The predicted octanol–water partition coefficient (Wildman–Crippen LogP) is 3.82. The second-order valence-electron chi connectivity index (χ2n) is 3.75. The molecule has 0 amide bonds. The van der Waals surface area contributed by atoms with Crippen molar-refractivity contribution in [1.29, 1.82) is 0 Å². The van der Waals surface area contributed by atoms with Crippen LogP contribution < -0.4 is 0 Å². The van der Waals surface area contributed by atoms with Crippen molar-refractivity contribution in [2.45, 2.75) is 20.8 Å². The summed E-state index contributed by atoms with van der Waals surface area (Å²) in [4.78, 5) is 3.37. The van der Waals surface area contributed by atoms with Gasteiger partial charge in [-0.2, -0.15) is 0 Å². The zero-order chi connectivity index (χ0) is 10.3. The minimum Gasteiger partial charge on any atom is -0.358 e. The third kappa shape index (κ3) is 1.36. The molecule has 0 radical (unpaired) electrons. The van der Waals surface area contributed by atoms with Gasteiger partial charge in [0, 0.05) is 15.6 Å². The molecule has 0 aliphatic rings. The second-order valence-corrected chi connectivity index (χ2v) is 4.19. The summed E-state index contributed by atoms with van der Waals surface area (Å²) in [5.74, 6) is 0. The molecule has 0 fully saturated rings. The smallest absolute Gasteiger partial charge is 0.0502 e. The Bertz CT molecular complexity index is 552. The van der Waals surface area contributed by atoms with E-state index in [1.165, 1.54) is 16.6 Å². The molecule has 1 heterocycles. The normalized spacial score (nSPS) is 10.8. The molecular formula is C12H13NS. The highest BCUT2D eigenvalue weighted by Gasteiger charge is 2.02. The summed E-state index contributed by atoms with van der Waals surface area (Å²) in [6.45, 7) is 6.29. The first-order valence-corrected chi connectivity index (χ1v) is 5.10. The van der Waals surface area contributed by atoms with Crippen molar-refractivity contribution in [3.05, 3.63) is 39.5 Å². The van der Waals surface area contributed by atoms with Crippen LogP contribution in [0.5, 0.6) is 0 Å². The Kier molecular flexibility index (Phi) is 2.16. The first kappa shape index (κ1) is 9.41. The van der Waals surface area contributed by atoms with Gasteiger partial charge in [0.15, 0.2) is 0 Å². The number of fused-ring (bicyclic) bond motifs is 1. The quantitative estimate of drug-likeness (QED) is 0.643. The van der Waals surface area contributed by atoms with Crippen LogP contribution in [0.25, 0.3) is 10.9 Å². The number of hydrogen-bond donors (Lipinski definition) is 1. The molecule has 1 N–H and O–H groups in total. The standard InChI is InChI=1S/C12H13NS/c1-7-4-5-10-11(14)6-8(2)13-12(10)9(7)3/h4-6H,1-3H3,(H,13,14). The lowest BCUT2D eigenvalue weighted by molar-refractivity contribution is 1.22. The molecular weight excluding hydrogens is 190 g/mol. The van der Waals surface area contributed by atoms with Crippen LogP contribution in [0.3, 0.4) is 0 Å². The third-order valence-electron chi connectivity index (χ3n) is 2.67. The molecule has 72 valence electrons. The Balaban J connectivity index is 3.03. The molecule has 2 rings (SSSR count). The van der Waals surface area contributed by atoms with E-state index >= 15 is 0 Å². The maximum atomic E-state index is 5.32. The van der Waals surface area contributed by atoms with Gasteiger partial charge < -0.3 is 4.98 Å². The molecule has 0 atom stereocenters. The van der Waals surface area contributed by atoms with Gasteiger partial charge in [-0.1, -0.05) is 24.4 Å². The van der Waals surface area contributed by atoms with Crippen molar-refractivity contribution in [2.24, 2.45) is 0 Å². The molecule has 0 unspecified atom stereocenters. The number of rotatable bonds is 0. The minimum atomic E-state index is 0.930. The van der Waals surface area contributed by atoms with Crippen LogP contribution in [-0.2, 0) is 0 Å². The average Bonchev–Trinajstić information content (AvgIpc) is 2.12. The first-order valence-electron chi connectivity index (χ1n) is 4.69. The van der Waals surface area contributed by atoms with E-state index in [2.05, 4.69) is 31.0 Å². The Hall–Kier alpha value is -1.15. The Morgan fingerprint density at radius 1 is 1.14 bits per heavy atom. The van der Waals surface area contributed by atoms with E-state index in [4.69, 9.17) is 12.2 Å². The molecule has 2 heteroatoms. The predicted molar refractivity (Wildman–Crippen MR) is 63.3 cm³/mol. The van der Waals surface area contributed by atoms with Gasteiger partial charge >= 0.3 is 0 Å². The summed E-state index contributed by atoms with van der Waals surface area (Å²) in [5.41, 5.74) is 4.89. The van der Waals surface area contributed by atoms with E-state index < -0.39 is 0 Å². The van der Waals surface area contributed by atoms with E-state index in [1.54, 1.807) is 0 Å². The summed E-state index contributed by atoms with van der Waals surface area (Å²) in [6, 6.07) is 6.22. The van der Waals surface area contributed by atoms with Crippen LogP contribution in [0.4, 0.5) is 0 Å². The lowest BCUT2D eigenvalue weighted by atomic mass is 10.1. The van der Waals surface area contributed by atoms with E-state index in [9.17, 15) is 0 Å². The van der Waals surface area contributed by atoms with Crippen LogP contribution in [0.15, 0.2) is 18.2 Å². The maximum absolute atomic E-state index is 5.32. The van der Waals surface area contributed by atoms with Crippen LogP contribution in [-0.4, -0.2) is 4.98 Å². The van der Waals surface area contributed by atoms with Gasteiger partial charge in [0.2, 0.25) is 0 Å². The van der Waals surface area contributed by atoms with Gasteiger partial charge in [-0.05, 0) is 38.0 Å². The van der Waals surface area contributed by atoms with Crippen LogP contribution in [0.2, 0.25) is 0 Å². The van der Waals surface area contributed by atoms with Crippen LogP contribution in [0.1, 0.15) is 16.8 Å². The lowest BCUT2D eigenvalue weighted by Crippen LogP contribution is -1.90. The van der Waals surface area contributed by atoms with Crippen molar-refractivity contribution < 1.29 is 0 Å². The number of hydrogen-bond acceptors (Lipinski definition) is 1. The monoisotopic (exact) mass is 203 g/mol. The topological polar surface area (TPSA) is 15.8 Å². The second kappa shape index (κ2) is 3.21. The zero-order valence-electron chi connectivity index (χ0n) is 8.64. The van der Waals surface area contributed by atoms with Gasteiger partial charge in [-0.3, -0.25) is 0 Å². The van der Waals surface area contributed by atoms with Crippen molar-refractivity contribution in [1.82, 2.24) is 4.98 Å². The number of benzene rings is 1. The Morgan fingerprint density at radius 3 is 2.57 bits per heavy atom. The van der Waals surface area contributed by atoms with Crippen LogP contribution in [0, 0.1) is 25.3 Å². The van der Waals surface area contributed by atoms with Crippen molar-refractivity contribution >= 4 is 23.1 Å². The van der Waals surface area contributed by atoms with E-state index in [0.29, 0.717) is 0 Å². The highest BCUT2D eigenvalue weighted by molar-refractivity contribution is 7.71. The van der Waals surface area contributed by atoms with E-state index in [1.807, 2.05) is 13.0 Å². The molecule has 0 aliphatic heterocycles. The largest absolute Gasteiger partial charge is 0.358 e. The Morgan fingerprint density at radius 2 is 1.86 bits per heavy atom. The number of pyridine rings is 1. The molecule has 1 aromatic heterocycles. The van der Waals surface area contributed by atoms with Gasteiger partial charge in [-0.25, -0.2) is 0 Å². The van der Waals surface area contributed by atoms with Gasteiger partial charge in [0.1, 0.15) is 0 Å². The number of aromatic nitrogens is 1. The molecule has 1 aromatic carbocycles. The fourth-order valence-corrected chi connectivity index (χ4v) is 2.04. The molecule has 0 bridgehead atoms. The number of nitrogens with one attached hydrogen (secondary N) is 1. The molecule has 0 saturated heterocycles. The summed E-state index contributed by atoms with van der Waals surface area (Å²) >= 11 is 5.32. The SMILES string of the molecule is Cc1cc(=S)c2ccc(C)c(C)c2[nH]1. The van der Waals surface area contributed by atoms with Gasteiger partial charge in [0.25, 0.3) is 0 Å². The van der Waals surface area contributed by atoms with Crippen molar-refractivity contribution in [3.63, 3.8) is 0 Å². The molecule has 14 heavy (non-hydrogen) atoms. The number of aryl methyl sites for hydroxylation is 3. The van der Waals surface area contributed by atoms with E-state index in [-0.39, 0.29) is 0 Å². The molecule has 2 aromatic rings. The Labute approximate surface area is 88.8 Å². The zero-order valence-corrected chi connectivity index (χ0v) is 9.46.